The maximum absolute atomic E-state index is 4.45. The molecule has 2 heterocycles. The highest BCUT2D eigenvalue weighted by molar-refractivity contribution is 9.10. The van der Waals surface area contributed by atoms with Crippen LogP contribution in [0.1, 0.15) is 12.5 Å². The van der Waals surface area contributed by atoms with E-state index in [-0.39, 0.29) is 0 Å². The molecule has 1 saturated heterocycles. The summed E-state index contributed by atoms with van der Waals surface area (Å²) in [5, 5.41) is 0. The Kier molecular flexibility index (Phi) is 3.36. The average Bonchev–Trinajstić information content (AvgIpc) is 2.52. The van der Waals surface area contributed by atoms with Gasteiger partial charge in [0.05, 0.1) is 0 Å². The summed E-state index contributed by atoms with van der Waals surface area (Å²) in [7, 11) is 0. The molecule has 0 bridgehead atoms. The van der Waals surface area contributed by atoms with Crippen LogP contribution in [0.2, 0.25) is 0 Å². The van der Waals surface area contributed by atoms with Crippen molar-refractivity contribution < 1.29 is 0 Å². The van der Waals surface area contributed by atoms with Gasteiger partial charge in [-0.05, 0) is 40.4 Å². The molecule has 0 aliphatic carbocycles. The lowest BCUT2D eigenvalue weighted by molar-refractivity contribution is 0.679. The third kappa shape index (κ3) is 2.36. The van der Waals surface area contributed by atoms with Crippen molar-refractivity contribution in [3.05, 3.63) is 22.3 Å². The van der Waals surface area contributed by atoms with E-state index in [1.165, 1.54) is 5.56 Å². The number of rotatable bonds is 1. The molecule has 2 nitrogen and oxygen atoms in total. The smallest absolute Gasteiger partial charge is 0.128 e. The lowest BCUT2D eigenvalue weighted by Crippen LogP contribution is -2.21. The highest BCUT2D eigenvalue weighted by Crippen LogP contribution is 2.28. The Bertz CT molecular complexity index is 358. The molecule has 2 atom stereocenters. The van der Waals surface area contributed by atoms with E-state index in [0.717, 1.165) is 23.4 Å². The van der Waals surface area contributed by atoms with Gasteiger partial charge >= 0.3 is 0 Å². The molecule has 2 unspecified atom stereocenters. The third-order valence-corrected chi connectivity index (χ3v) is 4.90. The average molecular weight is 334 g/mol. The Morgan fingerprint density at radius 3 is 2.73 bits per heavy atom. The van der Waals surface area contributed by atoms with Gasteiger partial charge in [-0.3, -0.25) is 0 Å². The number of hydrogen-bond donors (Lipinski definition) is 0. The van der Waals surface area contributed by atoms with Crippen molar-refractivity contribution in [2.24, 2.45) is 5.92 Å². The summed E-state index contributed by atoms with van der Waals surface area (Å²) < 4.78 is 1.08. The van der Waals surface area contributed by atoms with Gasteiger partial charge in [-0.25, -0.2) is 4.98 Å². The fraction of sp³-hybridized carbons (Fsp3) is 0.545. The largest absolute Gasteiger partial charge is 0.355 e. The Labute approximate surface area is 107 Å². The number of aryl methyl sites for hydroxylation is 1. The van der Waals surface area contributed by atoms with Crippen molar-refractivity contribution in [3.8, 4) is 0 Å². The maximum atomic E-state index is 4.45. The van der Waals surface area contributed by atoms with Crippen molar-refractivity contribution in [2.75, 3.05) is 18.0 Å². The van der Waals surface area contributed by atoms with Crippen molar-refractivity contribution >= 4 is 37.7 Å². The SMILES string of the molecule is Cc1cc(N2CC(C)C(Br)C2)ncc1Br. The second-order valence-electron chi connectivity index (χ2n) is 4.19. The molecular weight excluding hydrogens is 320 g/mol. The van der Waals surface area contributed by atoms with Crippen molar-refractivity contribution in [2.45, 2.75) is 18.7 Å². The van der Waals surface area contributed by atoms with Crippen LogP contribution in [0.15, 0.2) is 16.7 Å². The van der Waals surface area contributed by atoms with E-state index >= 15 is 0 Å². The van der Waals surface area contributed by atoms with Crippen LogP contribution < -0.4 is 4.90 Å². The summed E-state index contributed by atoms with van der Waals surface area (Å²) in [6, 6.07) is 2.14. The van der Waals surface area contributed by atoms with E-state index in [4.69, 9.17) is 0 Å². The lowest BCUT2D eigenvalue weighted by atomic mass is 10.2. The molecule has 0 aromatic carbocycles. The second-order valence-corrected chi connectivity index (χ2v) is 6.22. The van der Waals surface area contributed by atoms with Gasteiger partial charge in [-0.15, -0.1) is 0 Å². The molecule has 0 amide bonds. The first-order valence-electron chi connectivity index (χ1n) is 5.09. The highest BCUT2D eigenvalue weighted by Gasteiger charge is 2.28. The normalized spacial score (nSPS) is 26.0. The van der Waals surface area contributed by atoms with Gasteiger partial charge in [0.15, 0.2) is 0 Å². The molecule has 1 aromatic rings. The zero-order chi connectivity index (χ0) is 11.0. The zero-order valence-electron chi connectivity index (χ0n) is 8.87. The predicted molar refractivity (Wildman–Crippen MR) is 70.8 cm³/mol. The number of hydrogen-bond acceptors (Lipinski definition) is 2. The van der Waals surface area contributed by atoms with Gasteiger partial charge < -0.3 is 4.90 Å². The third-order valence-electron chi connectivity index (χ3n) is 2.88. The van der Waals surface area contributed by atoms with E-state index in [9.17, 15) is 0 Å². The fourth-order valence-corrected chi connectivity index (χ4v) is 2.55. The van der Waals surface area contributed by atoms with Crippen LogP contribution in [0, 0.1) is 12.8 Å². The molecule has 1 aromatic heterocycles. The Hall–Kier alpha value is -0.0900. The number of anilines is 1. The van der Waals surface area contributed by atoms with Crippen molar-refractivity contribution in [1.82, 2.24) is 4.98 Å². The molecule has 2 rings (SSSR count). The molecule has 1 fully saturated rings. The molecule has 0 radical (unpaired) electrons. The summed E-state index contributed by atoms with van der Waals surface area (Å²) in [5.41, 5.74) is 1.24. The molecular formula is C11H14Br2N2. The zero-order valence-corrected chi connectivity index (χ0v) is 12.0. The summed E-state index contributed by atoms with van der Waals surface area (Å²) in [4.78, 5) is 7.37. The minimum atomic E-state index is 0.586. The van der Waals surface area contributed by atoms with Crippen LogP contribution in [-0.4, -0.2) is 22.9 Å². The highest BCUT2D eigenvalue weighted by atomic mass is 79.9. The summed E-state index contributed by atoms with van der Waals surface area (Å²) >= 11 is 7.17. The standard InChI is InChI=1S/C11H14Br2N2/c1-7-3-11(14-4-9(7)12)15-5-8(2)10(13)6-15/h3-4,8,10H,5-6H2,1-2H3. The number of halogens is 2. The minimum absolute atomic E-state index is 0.586. The molecule has 0 spiro atoms. The summed E-state index contributed by atoms with van der Waals surface area (Å²) in [5.74, 6) is 1.78. The summed E-state index contributed by atoms with van der Waals surface area (Å²) in [6.45, 7) is 6.50. The van der Waals surface area contributed by atoms with Crippen molar-refractivity contribution in [3.63, 3.8) is 0 Å². The lowest BCUT2D eigenvalue weighted by Gasteiger charge is -2.17. The van der Waals surface area contributed by atoms with E-state index in [2.05, 4.69) is 61.7 Å². The van der Waals surface area contributed by atoms with E-state index in [1.54, 1.807) is 0 Å². The Morgan fingerprint density at radius 2 is 2.20 bits per heavy atom. The van der Waals surface area contributed by atoms with Gasteiger partial charge in [-0.1, -0.05) is 22.9 Å². The summed E-state index contributed by atoms with van der Waals surface area (Å²) in [6.07, 6.45) is 1.89. The van der Waals surface area contributed by atoms with Crippen LogP contribution in [0.5, 0.6) is 0 Å². The van der Waals surface area contributed by atoms with Crippen LogP contribution in [0.3, 0.4) is 0 Å². The Morgan fingerprint density at radius 1 is 1.47 bits per heavy atom. The van der Waals surface area contributed by atoms with Crippen LogP contribution in [-0.2, 0) is 0 Å². The monoisotopic (exact) mass is 332 g/mol. The molecule has 4 heteroatoms. The van der Waals surface area contributed by atoms with Crippen LogP contribution in [0.25, 0.3) is 0 Å². The second kappa shape index (κ2) is 4.42. The van der Waals surface area contributed by atoms with Gasteiger partial charge in [-0.2, -0.15) is 0 Å². The molecule has 0 N–H and O–H groups in total. The van der Waals surface area contributed by atoms with Gasteiger partial charge in [0.2, 0.25) is 0 Å². The molecule has 82 valence electrons. The van der Waals surface area contributed by atoms with Gasteiger partial charge in [0.25, 0.3) is 0 Å². The fourth-order valence-electron chi connectivity index (χ4n) is 1.81. The maximum Gasteiger partial charge on any atom is 0.128 e. The van der Waals surface area contributed by atoms with Crippen molar-refractivity contribution in [1.29, 1.82) is 0 Å². The quantitative estimate of drug-likeness (QED) is 0.732. The van der Waals surface area contributed by atoms with E-state index in [0.29, 0.717) is 10.7 Å². The first-order chi connectivity index (χ1) is 7.08. The van der Waals surface area contributed by atoms with E-state index in [1.807, 2.05) is 6.20 Å². The van der Waals surface area contributed by atoms with Crippen LogP contribution in [0.4, 0.5) is 5.82 Å². The molecule has 0 saturated carbocycles. The van der Waals surface area contributed by atoms with Gasteiger partial charge in [0, 0.05) is 28.6 Å². The minimum Gasteiger partial charge on any atom is -0.355 e. The Balaban J connectivity index is 2.20. The first kappa shape index (κ1) is 11.4. The van der Waals surface area contributed by atoms with Crippen LogP contribution >= 0.6 is 31.9 Å². The number of pyridine rings is 1. The van der Waals surface area contributed by atoms with E-state index < -0.39 is 0 Å². The number of aromatic nitrogens is 1. The number of nitrogens with zero attached hydrogens (tertiary/aromatic N) is 2. The molecule has 1 aliphatic heterocycles. The molecule has 1 aliphatic rings. The predicted octanol–water partition coefficient (Wildman–Crippen LogP) is 3.37. The first-order valence-corrected chi connectivity index (χ1v) is 6.80. The topological polar surface area (TPSA) is 16.1 Å². The molecule has 15 heavy (non-hydrogen) atoms. The van der Waals surface area contributed by atoms with Gasteiger partial charge in [0.1, 0.15) is 5.82 Å². The number of alkyl halides is 1.